The number of aliphatic imine (C=N–C) groups is 1. The summed E-state index contributed by atoms with van der Waals surface area (Å²) in [5, 5.41) is 3.55. The first-order valence-electron chi connectivity index (χ1n) is 13.8. The second-order valence-corrected chi connectivity index (χ2v) is 9.98. The number of rotatable bonds is 11. The van der Waals surface area contributed by atoms with Crippen molar-refractivity contribution in [3.8, 4) is 0 Å². The standard InChI is InChI=1S/C31H44FN5O/c1-6-12-28(34-27-15-13-26(14-16-27)31(32,8-3)9-4)29(33-17-7-2)36-20-22-37(23-21-36)30(38)25(5)24-35-18-10-11-19-35/h6-8,12-17,28,34H,3,5,9-11,18-24H2,1-2,4H3/b12-6-,17-7-,33-29?. The molecule has 1 aromatic rings. The fourth-order valence-corrected chi connectivity index (χ4v) is 5.03. The fraction of sp³-hybridized carbons (Fsp3) is 0.484. The molecule has 2 heterocycles. The number of amides is 1. The Morgan fingerprint density at radius 1 is 1.08 bits per heavy atom. The van der Waals surface area contributed by atoms with Gasteiger partial charge in [0.15, 0.2) is 5.67 Å². The molecule has 0 saturated carbocycles. The summed E-state index contributed by atoms with van der Waals surface area (Å²) in [5.74, 6) is 0.940. The predicted octanol–water partition coefficient (Wildman–Crippen LogP) is 5.53. The molecule has 0 aromatic heterocycles. The number of alkyl halides is 1. The highest BCUT2D eigenvalue weighted by Gasteiger charge is 2.29. The van der Waals surface area contributed by atoms with Crippen molar-refractivity contribution in [2.45, 2.75) is 51.7 Å². The number of halogens is 1. The number of nitrogens with one attached hydrogen (secondary N) is 1. The Morgan fingerprint density at radius 3 is 2.26 bits per heavy atom. The van der Waals surface area contributed by atoms with Crippen LogP contribution in [-0.2, 0) is 10.5 Å². The van der Waals surface area contributed by atoms with Gasteiger partial charge in [0.1, 0.15) is 11.9 Å². The third-order valence-electron chi connectivity index (χ3n) is 7.35. The molecule has 2 saturated heterocycles. The van der Waals surface area contributed by atoms with Crippen molar-refractivity contribution in [1.82, 2.24) is 14.7 Å². The molecule has 0 radical (unpaired) electrons. The average molecular weight is 522 g/mol. The maximum absolute atomic E-state index is 15.0. The second kappa shape index (κ2) is 14.1. The highest BCUT2D eigenvalue weighted by molar-refractivity contribution is 5.94. The monoisotopic (exact) mass is 521 g/mol. The molecule has 38 heavy (non-hydrogen) atoms. The van der Waals surface area contributed by atoms with Gasteiger partial charge in [0.05, 0.1) is 0 Å². The normalized spacial score (nSPS) is 19.6. The van der Waals surface area contributed by atoms with Gasteiger partial charge in [-0.15, -0.1) is 0 Å². The zero-order valence-electron chi connectivity index (χ0n) is 23.3. The van der Waals surface area contributed by atoms with Gasteiger partial charge in [-0.1, -0.05) is 56.5 Å². The number of carbonyl (C=O) groups is 1. The van der Waals surface area contributed by atoms with Crippen LogP contribution in [0.5, 0.6) is 0 Å². The Kier molecular flexibility index (Phi) is 10.9. The van der Waals surface area contributed by atoms with Gasteiger partial charge in [-0.25, -0.2) is 9.38 Å². The highest BCUT2D eigenvalue weighted by atomic mass is 19.1. The smallest absolute Gasteiger partial charge is 0.250 e. The largest absolute Gasteiger partial charge is 0.372 e. The molecule has 2 fully saturated rings. The van der Waals surface area contributed by atoms with Crippen molar-refractivity contribution in [2.75, 3.05) is 51.1 Å². The minimum absolute atomic E-state index is 0.0576. The van der Waals surface area contributed by atoms with Crippen LogP contribution in [0, 0.1) is 0 Å². The lowest BCUT2D eigenvalue weighted by Gasteiger charge is -2.38. The Morgan fingerprint density at radius 2 is 1.71 bits per heavy atom. The van der Waals surface area contributed by atoms with Gasteiger partial charge in [-0.3, -0.25) is 9.69 Å². The van der Waals surface area contributed by atoms with Crippen molar-refractivity contribution in [3.05, 3.63) is 79.1 Å². The maximum atomic E-state index is 15.0. The first-order chi connectivity index (χ1) is 18.3. The Hall–Kier alpha value is -3.19. The van der Waals surface area contributed by atoms with Gasteiger partial charge in [0, 0.05) is 50.2 Å². The molecule has 206 valence electrons. The average Bonchev–Trinajstić information content (AvgIpc) is 3.46. The van der Waals surface area contributed by atoms with Crippen molar-refractivity contribution < 1.29 is 9.18 Å². The van der Waals surface area contributed by atoms with Gasteiger partial charge in [-0.05, 0) is 63.9 Å². The molecule has 0 spiro atoms. The van der Waals surface area contributed by atoms with E-state index in [4.69, 9.17) is 4.99 Å². The molecule has 7 heteroatoms. The summed E-state index contributed by atoms with van der Waals surface area (Å²) in [6.07, 6.45) is 11.9. The van der Waals surface area contributed by atoms with Crippen LogP contribution in [0.4, 0.5) is 10.1 Å². The molecule has 2 aliphatic heterocycles. The van der Waals surface area contributed by atoms with E-state index in [1.165, 1.54) is 18.9 Å². The van der Waals surface area contributed by atoms with E-state index in [1.807, 2.05) is 62.1 Å². The maximum Gasteiger partial charge on any atom is 0.250 e. The number of amidine groups is 1. The number of likely N-dealkylation sites (tertiary alicyclic amines) is 1. The van der Waals surface area contributed by atoms with Crippen molar-refractivity contribution >= 4 is 17.4 Å². The van der Waals surface area contributed by atoms with Gasteiger partial charge in [0.25, 0.3) is 5.91 Å². The van der Waals surface area contributed by atoms with Crippen LogP contribution >= 0.6 is 0 Å². The minimum atomic E-state index is -1.53. The van der Waals surface area contributed by atoms with E-state index >= 15 is 4.39 Å². The Labute approximate surface area is 228 Å². The molecule has 2 unspecified atom stereocenters. The molecule has 2 aliphatic rings. The highest BCUT2D eigenvalue weighted by Crippen LogP contribution is 2.31. The fourth-order valence-electron chi connectivity index (χ4n) is 5.03. The molecule has 0 bridgehead atoms. The second-order valence-electron chi connectivity index (χ2n) is 9.98. The summed E-state index contributed by atoms with van der Waals surface area (Å²) in [6.45, 7) is 18.9. The Bertz CT molecular complexity index is 1030. The minimum Gasteiger partial charge on any atom is -0.372 e. The molecule has 3 rings (SSSR count). The number of piperazine rings is 1. The summed E-state index contributed by atoms with van der Waals surface area (Å²) in [7, 11) is 0. The van der Waals surface area contributed by atoms with Crippen molar-refractivity contribution in [1.29, 1.82) is 0 Å². The number of anilines is 1. The van der Waals surface area contributed by atoms with Crippen molar-refractivity contribution in [3.63, 3.8) is 0 Å². The quantitative estimate of drug-likeness (QED) is 0.180. The van der Waals surface area contributed by atoms with E-state index in [1.54, 1.807) is 6.20 Å². The van der Waals surface area contributed by atoms with E-state index < -0.39 is 5.67 Å². The van der Waals surface area contributed by atoms with Crippen LogP contribution in [0.1, 0.15) is 45.6 Å². The molecular weight excluding hydrogens is 477 g/mol. The first kappa shape index (κ1) is 29.4. The number of carbonyl (C=O) groups excluding carboxylic acids is 1. The summed E-state index contributed by atoms with van der Waals surface area (Å²) >= 11 is 0. The van der Waals surface area contributed by atoms with Crippen LogP contribution in [0.25, 0.3) is 0 Å². The van der Waals surface area contributed by atoms with Gasteiger partial charge in [0.2, 0.25) is 0 Å². The lowest BCUT2D eigenvalue weighted by Crippen LogP contribution is -2.54. The summed E-state index contributed by atoms with van der Waals surface area (Å²) < 4.78 is 15.0. The third-order valence-corrected chi connectivity index (χ3v) is 7.35. The summed E-state index contributed by atoms with van der Waals surface area (Å²) in [4.78, 5) is 24.3. The van der Waals surface area contributed by atoms with Crippen LogP contribution in [0.2, 0.25) is 0 Å². The SMILES string of the molecule is C=CC(F)(CC)c1ccc(NC(/C=C\C)C(=N/C=C\C)N2CCN(C(=O)C(=C)CN3CCCC3)CC2)cc1. The molecule has 1 N–H and O–H groups in total. The van der Waals surface area contributed by atoms with Crippen LogP contribution in [-0.4, -0.2) is 78.3 Å². The predicted molar refractivity (Wildman–Crippen MR) is 157 cm³/mol. The van der Waals surface area contributed by atoms with Gasteiger partial charge < -0.3 is 15.1 Å². The third kappa shape index (κ3) is 7.44. The summed E-state index contributed by atoms with van der Waals surface area (Å²) in [5.41, 5.74) is 0.617. The van der Waals surface area contributed by atoms with E-state index in [-0.39, 0.29) is 11.9 Å². The molecule has 2 atom stereocenters. The van der Waals surface area contributed by atoms with Gasteiger partial charge in [-0.2, -0.15) is 0 Å². The van der Waals surface area contributed by atoms with E-state index in [9.17, 15) is 4.79 Å². The van der Waals surface area contributed by atoms with E-state index in [0.29, 0.717) is 50.3 Å². The summed E-state index contributed by atoms with van der Waals surface area (Å²) in [6, 6.07) is 7.23. The first-order valence-corrected chi connectivity index (χ1v) is 13.8. The number of hydrogen-bond donors (Lipinski definition) is 1. The number of nitrogens with zero attached hydrogens (tertiary/aromatic N) is 4. The zero-order chi connectivity index (χ0) is 27.5. The Balaban J connectivity index is 1.69. The van der Waals surface area contributed by atoms with Gasteiger partial charge >= 0.3 is 0 Å². The van der Waals surface area contributed by atoms with Crippen LogP contribution in [0.15, 0.2) is 78.5 Å². The lowest BCUT2D eigenvalue weighted by molar-refractivity contribution is -0.128. The molecule has 6 nitrogen and oxygen atoms in total. The number of allylic oxidation sites excluding steroid dienone is 3. The number of benzene rings is 1. The molecule has 1 aromatic carbocycles. The lowest BCUT2D eigenvalue weighted by atomic mass is 9.93. The van der Waals surface area contributed by atoms with E-state index in [2.05, 4.69) is 34.4 Å². The molecule has 1 amide bonds. The van der Waals surface area contributed by atoms with Crippen LogP contribution in [0.3, 0.4) is 0 Å². The molecular formula is C31H44FN5O. The number of hydrogen-bond acceptors (Lipinski definition) is 4. The molecule has 0 aliphatic carbocycles. The van der Waals surface area contributed by atoms with E-state index in [0.717, 1.165) is 24.6 Å². The van der Waals surface area contributed by atoms with Crippen LogP contribution < -0.4 is 5.32 Å². The zero-order valence-corrected chi connectivity index (χ0v) is 23.3. The topological polar surface area (TPSA) is 51.2 Å². The van der Waals surface area contributed by atoms with Crippen molar-refractivity contribution in [2.24, 2.45) is 4.99 Å².